The molecule has 0 bridgehead atoms. The lowest BCUT2D eigenvalue weighted by Gasteiger charge is -2.43. The first-order valence-electron chi connectivity index (χ1n) is 12.5. The molecular weight excluding hydrogens is 469 g/mol. The summed E-state index contributed by atoms with van der Waals surface area (Å²) in [5, 5.41) is 33.8. The van der Waals surface area contributed by atoms with E-state index in [9.17, 15) is 19.4 Å². The Morgan fingerprint density at radius 3 is 2.35 bits per heavy atom. The molecule has 0 fully saturated rings. The number of aliphatic hydroxyl groups excluding tert-OH is 1. The van der Waals surface area contributed by atoms with Gasteiger partial charge in [0, 0.05) is 12.2 Å². The Kier molecular flexibility index (Phi) is 7.16. The van der Waals surface area contributed by atoms with Gasteiger partial charge in [-0.2, -0.15) is 0 Å². The smallest absolute Gasteiger partial charge is 0.339 e. The Bertz CT molecular complexity index is 1340. The predicted molar refractivity (Wildman–Crippen MR) is 145 cm³/mol. The van der Waals surface area contributed by atoms with Crippen molar-refractivity contribution in [2.24, 2.45) is 0 Å². The number of aromatic carboxylic acids is 1. The SMILES string of the molecule is CC1(C)CCC(C)(C)c2c(NCc3ccc(F)cc3)cc(C(O)/C=C/c3ccc(C(=O)O)c(O)c3)cc21. The normalized spacial score (nSPS) is 16.8. The molecule has 37 heavy (non-hydrogen) atoms. The molecule has 1 unspecified atom stereocenters. The minimum absolute atomic E-state index is 0.0568. The molecule has 1 aliphatic rings. The summed E-state index contributed by atoms with van der Waals surface area (Å²) in [6, 6.07) is 14.8. The number of carbonyl (C=O) groups is 1. The quantitative estimate of drug-likeness (QED) is 0.280. The van der Waals surface area contributed by atoms with Crippen molar-refractivity contribution >= 4 is 17.7 Å². The third-order valence-corrected chi connectivity index (χ3v) is 7.40. The number of hydrogen-bond donors (Lipinski definition) is 4. The van der Waals surface area contributed by atoms with E-state index in [1.807, 2.05) is 6.07 Å². The molecule has 3 aromatic carbocycles. The molecule has 1 aliphatic carbocycles. The third-order valence-electron chi connectivity index (χ3n) is 7.40. The average molecular weight is 504 g/mol. The Morgan fingerprint density at radius 1 is 1.03 bits per heavy atom. The molecule has 3 aromatic rings. The van der Waals surface area contributed by atoms with Crippen molar-refractivity contribution in [3.8, 4) is 5.75 Å². The fourth-order valence-electron chi connectivity index (χ4n) is 5.07. The number of anilines is 1. The van der Waals surface area contributed by atoms with Crippen LogP contribution in [0.2, 0.25) is 0 Å². The standard InChI is InChI=1S/C31H34FNO4/c1-30(2)13-14-31(3,4)28-24(30)16-21(17-25(28)33-18-20-5-9-22(32)10-6-20)26(34)12-8-19-7-11-23(29(36)37)27(35)15-19/h5-12,15-17,26,33-35H,13-14,18H2,1-4H3,(H,36,37)/b12-8+. The number of phenols is 1. The van der Waals surface area contributed by atoms with E-state index >= 15 is 0 Å². The summed E-state index contributed by atoms with van der Waals surface area (Å²) in [6.07, 6.45) is 4.43. The van der Waals surface area contributed by atoms with Crippen LogP contribution in [-0.2, 0) is 17.4 Å². The summed E-state index contributed by atoms with van der Waals surface area (Å²) < 4.78 is 13.4. The number of aromatic hydroxyl groups is 1. The van der Waals surface area contributed by atoms with Gasteiger partial charge in [0.15, 0.2) is 0 Å². The van der Waals surface area contributed by atoms with Crippen molar-refractivity contribution in [1.82, 2.24) is 0 Å². The van der Waals surface area contributed by atoms with E-state index in [1.165, 1.54) is 35.4 Å². The molecule has 0 heterocycles. The molecule has 0 aromatic heterocycles. The van der Waals surface area contributed by atoms with Gasteiger partial charge in [-0.05, 0) is 81.8 Å². The van der Waals surface area contributed by atoms with Crippen LogP contribution in [0.15, 0.2) is 60.7 Å². The fourth-order valence-corrected chi connectivity index (χ4v) is 5.07. The molecule has 1 atom stereocenters. The zero-order valence-corrected chi connectivity index (χ0v) is 21.7. The topological polar surface area (TPSA) is 89.8 Å². The molecular formula is C31H34FNO4. The van der Waals surface area contributed by atoms with Gasteiger partial charge >= 0.3 is 5.97 Å². The molecule has 0 amide bonds. The Balaban J connectivity index is 1.70. The summed E-state index contributed by atoms with van der Waals surface area (Å²) >= 11 is 0. The van der Waals surface area contributed by atoms with Crippen LogP contribution in [0, 0.1) is 5.82 Å². The largest absolute Gasteiger partial charge is 0.507 e. The molecule has 5 nitrogen and oxygen atoms in total. The van der Waals surface area contributed by atoms with E-state index in [0.717, 1.165) is 29.7 Å². The maximum absolute atomic E-state index is 13.4. The molecule has 6 heteroatoms. The Morgan fingerprint density at radius 2 is 1.70 bits per heavy atom. The summed E-state index contributed by atoms with van der Waals surface area (Å²) in [6.45, 7) is 9.46. The second kappa shape index (κ2) is 10.0. The average Bonchev–Trinajstić information content (AvgIpc) is 2.84. The van der Waals surface area contributed by atoms with Crippen LogP contribution in [0.3, 0.4) is 0 Å². The van der Waals surface area contributed by atoms with Gasteiger partial charge in [0.25, 0.3) is 0 Å². The number of carboxylic acid groups (broad SMARTS) is 1. The molecule has 194 valence electrons. The predicted octanol–water partition coefficient (Wildman–Crippen LogP) is 6.94. The molecule has 0 aliphatic heterocycles. The van der Waals surface area contributed by atoms with Crippen molar-refractivity contribution in [1.29, 1.82) is 0 Å². The number of aliphatic hydroxyl groups is 1. The fraction of sp³-hybridized carbons (Fsp3) is 0.323. The van der Waals surface area contributed by atoms with E-state index < -0.39 is 12.1 Å². The summed E-state index contributed by atoms with van der Waals surface area (Å²) in [5.74, 6) is -1.80. The summed E-state index contributed by atoms with van der Waals surface area (Å²) in [4.78, 5) is 11.1. The van der Waals surface area contributed by atoms with E-state index in [-0.39, 0.29) is 28.0 Å². The number of benzene rings is 3. The molecule has 0 radical (unpaired) electrons. The molecule has 0 spiro atoms. The van der Waals surface area contributed by atoms with Gasteiger partial charge in [-0.3, -0.25) is 0 Å². The first kappa shape index (κ1) is 26.4. The van der Waals surface area contributed by atoms with E-state index in [0.29, 0.717) is 12.1 Å². The minimum atomic E-state index is -1.20. The van der Waals surface area contributed by atoms with Crippen molar-refractivity contribution < 1.29 is 24.5 Å². The number of fused-ring (bicyclic) bond motifs is 1. The second-order valence-corrected chi connectivity index (χ2v) is 11.1. The van der Waals surface area contributed by atoms with Crippen molar-refractivity contribution in [3.05, 3.63) is 99.9 Å². The number of hydrogen-bond acceptors (Lipinski definition) is 4. The van der Waals surface area contributed by atoms with Crippen molar-refractivity contribution in [2.45, 2.75) is 64.0 Å². The van der Waals surface area contributed by atoms with Gasteiger partial charge in [-0.25, -0.2) is 9.18 Å². The highest BCUT2D eigenvalue weighted by Gasteiger charge is 2.39. The lowest BCUT2D eigenvalue weighted by Crippen LogP contribution is -2.35. The molecule has 0 saturated heterocycles. The van der Waals surface area contributed by atoms with Crippen LogP contribution in [0.4, 0.5) is 10.1 Å². The van der Waals surface area contributed by atoms with Crippen LogP contribution in [0.1, 0.15) is 84.8 Å². The van der Waals surface area contributed by atoms with E-state index in [4.69, 9.17) is 5.11 Å². The Hall–Kier alpha value is -3.64. The monoisotopic (exact) mass is 503 g/mol. The van der Waals surface area contributed by atoms with Gasteiger partial charge in [0.1, 0.15) is 17.1 Å². The van der Waals surface area contributed by atoms with Crippen LogP contribution < -0.4 is 5.32 Å². The van der Waals surface area contributed by atoms with E-state index in [2.05, 4.69) is 39.1 Å². The summed E-state index contributed by atoms with van der Waals surface area (Å²) in [7, 11) is 0. The lowest BCUT2D eigenvalue weighted by atomic mass is 9.62. The Labute approximate surface area is 217 Å². The zero-order valence-electron chi connectivity index (χ0n) is 21.7. The highest BCUT2D eigenvalue weighted by atomic mass is 19.1. The van der Waals surface area contributed by atoms with Crippen LogP contribution in [0.5, 0.6) is 5.75 Å². The van der Waals surface area contributed by atoms with Crippen molar-refractivity contribution in [3.63, 3.8) is 0 Å². The zero-order chi connectivity index (χ0) is 27.0. The third kappa shape index (κ3) is 5.70. The first-order chi connectivity index (χ1) is 17.4. The highest BCUT2D eigenvalue weighted by molar-refractivity contribution is 5.91. The molecule has 4 rings (SSSR count). The number of halogens is 1. The van der Waals surface area contributed by atoms with Crippen LogP contribution in [-0.4, -0.2) is 21.3 Å². The maximum atomic E-state index is 13.4. The van der Waals surface area contributed by atoms with Crippen molar-refractivity contribution in [2.75, 3.05) is 5.32 Å². The molecule has 0 saturated carbocycles. The van der Waals surface area contributed by atoms with Gasteiger partial charge < -0.3 is 20.6 Å². The van der Waals surface area contributed by atoms with Gasteiger partial charge in [0.2, 0.25) is 0 Å². The highest BCUT2D eigenvalue weighted by Crippen LogP contribution is 2.49. The van der Waals surface area contributed by atoms with Crippen LogP contribution >= 0.6 is 0 Å². The maximum Gasteiger partial charge on any atom is 0.339 e. The van der Waals surface area contributed by atoms with Gasteiger partial charge in [-0.1, -0.05) is 64.1 Å². The van der Waals surface area contributed by atoms with Gasteiger partial charge in [0.05, 0.1) is 6.10 Å². The number of nitrogens with one attached hydrogen (secondary N) is 1. The van der Waals surface area contributed by atoms with Gasteiger partial charge in [-0.15, -0.1) is 0 Å². The summed E-state index contributed by atoms with van der Waals surface area (Å²) in [5.41, 5.74) is 5.34. The van der Waals surface area contributed by atoms with E-state index in [1.54, 1.807) is 30.4 Å². The minimum Gasteiger partial charge on any atom is -0.507 e. The first-order valence-corrected chi connectivity index (χ1v) is 12.5. The lowest BCUT2D eigenvalue weighted by molar-refractivity contribution is 0.0693. The number of carboxylic acids is 1. The van der Waals surface area contributed by atoms with Crippen LogP contribution in [0.25, 0.3) is 6.08 Å². The number of rotatable bonds is 7. The molecule has 4 N–H and O–H groups in total. The second-order valence-electron chi connectivity index (χ2n) is 11.1.